The Labute approximate surface area is 193 Å². The first-order chi connectivity index (χ1) is 15.8. The number of carbonyl (C=O) groups is 3. The second-order valence-electron chi connectivity index (χ2n) is 7.95. The maximum atomic E-state index is 13.0. The van der Waals surface area contributed by atoms with Crippen LogP contribution in [0.25, 0.3) is 0 Å². The molecule has 0 aliphatic heterocycles. The van der Waals surface area contributed by atoms with Gasteiger partial charge in [0, 0.05) is 6.42 Å². The molecule has 0 radical (unpaired) electrons. The van der Waals surface area contributed by atoms with E-state index in [0.29, 0.717) is 17.5 Å². The predicted molar refractivity (Wildman–Crippen MR) is 122 cm³/mol. The van der Waals surface area contributed by atoms with Crippen molar-refractivity contribution in [2.45, 2.75) is 45.4 Å². The molecule has 0 aromatic heterocycles. The largest absolute Gasteiger partial charge is 0.467 e. The standard InChI is InChI=1S/C25H29N3O5/c1-17(2)13-21(28-25(31)33-16-18-9-5-4-6-10-18)23(29)27-22(24(30)32-3)14-19-11-7-8-12-20(19)15-26/h4-12,17,21-22H,13-14,16H2,1-3H3,(H,27,29)(H,28,31)/t21-,22-/m0/s1. The Morgan fingerprint density at radius 1 is 0.970 bits per heavy atom. The monoisotopic (exact) mass is 451 g/mol. The van der Waals surface area contributed by atoms with Gasteiger partial charge in [-0.15, -0.1) is 0 Å². The van der Waals surface area contributed by atoms with Crippen LogP contribution < -0.4 is 10.6 Å². The highest BCUT2D eigenvalue weighted by Crippen LogP contribution is 2.12. The van der Waals surface area contributed by atoms with Gasteiger partial charge in [-0.3, -0.25) is 4.79 Å². The Balaban J connectivity index is 2.08. The Bertz CT molecular complexity index is 985. The van der Waals surface area contributed by atoms with Crippen LogP contribution in [0.1, 0.15) is 37.0 Å². The topological polar surface area (TPSA) is 118 Å². The molecule has 0 aliphatic carbocycles. The molecule has 0 spiro atoms. The predicted octanol–water partition coefficient (Wildman–Crippen LogP) is 3.10. The molecule has 8 heteroatoms. The van der Waals surface area contributed by atoms with Crippen molar-refractivity contribution in [2.75, 3.05) is 7.11 Å². The number of methoxy groups -OCH3 is 1. The summed E-state index contributed by atoms with van der Waals surface area (Å²) in [5.74, 6) is -1.10. The smallest absolute Gasteiger partial charge is 0.408 e. The first kappa shape index (κ1) is 25.4. The fraction of sp³-hybridized carbons (Fsp3) is 0.360. The molecule has 2 aromatic rings. The number of esters is 1. The van der Waals surface area contributed by atoms with Gasteiger partial charge in [0.25, 0.3) is 0 Å². The van der Waals surface area contributed by atoms with E-state index in [1.807, 2.05) is 44.2 Å². The number of nitrogens with zero attached hydrogens (tertiary/aromatic N) is 1. The summed E-state index contributed by atoms with van der Waals surface area (Å²) in [6.07, 6.45) is -0.312. The van der Waals surface area contributed by atoms with Crippen molar-refractivity contribution < 1.29 is 23.9 Å². The summed E-state index contributed by atoms with van der Waals surface area (Å²) >= 11 is 0. The summed E-state index contributed by atoms with van der Waals surface area (Å²) in [6.45, 7) is 3.90. The molecular weight excluding hydrogens is 422 g/mol. The summed E-state index contributed by atoms with van der Waals surface area (Å²) < 4.78 is 10.1. The molecule has 2 atom stereocenters. The summed E-state index contributed by atoms with van der Waals surface area (Å²) in [5, 5.41) is 14.6. The van der Waals surface area contributed by atoms with E-state index in [9.17, 15) is 19.6 Å². The molecule has 8 nitrogen and oxygen atoms in total. The molecule has 0 saturated carbocycles. The van der Waals surface area contributed by atoms with Crippen molar-refractivity contribution >= 4 is 18.0 Å². The first-order valence-electron chi connectivity index (χ1n) is 10.7. The van der Waals surface area contributed by atoms with E-state index >= 15 is 0 Å². The number of hydrogen-bond acceptors (Lipinski definition) is 6. The molecular formula is C25H29N3O5. The number of rotatable bonds is 10. The van der Waals surface area contributed by atoms with Crippen molar-refractivity contribution in [3.05, 3.63) is 71.3 Å². The number of nitrogens with one attached hydrogen (secondary N) is 2. The molecule has 2 aromatic carbocycles. The zero-order valence-corrected chi connectivity index (χ0v) is 19.0. The van der Waals surface area contributed by atoms with E-state index in [4.69, 9.17) is 9.47 Å². The normalized spacial score (nSPS) is 12.2. The highest BCUT2D eigenvalue weighted by molar-refractivity contribution is 5.89. The maximum absolute atomic E-state index is 13.0. The molecule has 174 valence electrons. The van der Waals surface area contributed by atoms with Gasteiger partial charge in [-0.05, 0) is 29.5 Å². The minimum atomic E-state index is -1.02. The zero-order valence-electron chi connectivity index (χ0n) is 19.0. The van der Waals surface area contributed by atoms with E-state index in [-0.39, 0.29) is 18.9 Å². The second kappa shape index (κ2) is 12.9. The van der Waals surface area contributed by atoms with Crippen molar-refractivity contribution in [3.8, 4) is 6.07 Å². The minimum absolute atomic E-state index is 0.0679. The van der Waals surface area contributed by atoms with Crippen molar-refractivity contribution in [2.24, 2.45) is 5.92 Å². The van der Waals surface area contributed by atoms with Crippen LogP contribution in [0.2, 0.25) is 0 Å². The number of carbonyl (C=O) groups excluding carboxylic acids is 3. The first-order valence-corrected chi connectivity index (χ1v) is 10.7. The SMILES string of the molecule is COC(=O)[C@H](Cc1ccccc1C#N)NC(=O)[C@H](CC(C)C)NC(=O)OCc1ccccc1. The molecule has 33 heavy (non-hydrogen) atoms. The highest BCUT2D eigenvalue weighted by Gasteiger charge is 2.29. The third kappa shape index (κ3) is 8.30. The fourth-order valence-electron chi connectivity index (χ4n) is 3.25. The number of amides is 2. The van der Waals surface area contributed by atoms with E-state index in [1.54, 1.807) is 24.3 Å². The molecule has 2 rings (SSSR count). The van der Waals surface area contributed by atoms with Crippen LogP contribution in [0.3, 0.4) is 0 Å². The van der Waals surface area contributed by atoms with Gasteiger partial charge in [0.15, 0.2) is 0 Å². The average Bonchev–Trinajstić information content (AvgIpc) is 2.82. The Kier molecular flexibility index (Phi) is 9.90. The van der Waals surface area contributed by atoms with Crippen molar-refractivity contribution in [3.63, 3.8) is 0 Å². The lowest BCUT2D eigenvalue weighted by Gasteiger charge is -2.23. The lowest BCUT2D eigenvalue weighted by Crippen LogP contribution is -2.53. The molecule has 0 heterocycles. The van der Waals surface area contributed by atoms with Crippen LogP contribution in [0.5, 0.6) is 0 Å². The number of benzene rings is 2. The molecule has 0 aliphatic rings. The minimum Gasteiger partial charge on any atom is -0.467 e. The summed E-state index contributed by atoms with van der Waals surface area (Å²) in [4.78, 5) is 37.7. The van der Waals surface area contributed by atoms with Crippen molar-refractivity contribution in [1.29, 1.82) is 5.26 Å². The summed E-state index contributed by atoms with van der Waals surface area (Å²) in [7, 11) is 1.22. The maximum Gasteiger partial charge on any atom is 0.408 e. The van der Waals surface area contributed by atoms with Crippen LogP contribution in [-0.4, -0.2) is 37.2 Å². The van der Waals surface area contributed by atoms with Gasteiger partial charge in [0.05, 0.1) is 18.7 Å². The lowest BCUT2D eigenvalue weighted by atomic mass is 9.99. The quantitative estimate of drug-likeness (QED) is 0.536. The second-order valence-corrected chi connectivity index (χ2v) is 7.95. The van der Waals surface area contributed by atoms with Gasteiger partial charge in [-0.1, -0.05) is 62.4 Å². The van der Waals surface area contributed by atoms with Gasteiger partial charge < -0.3 is 20.1 Å². The van der Waals surface area contributed by atoms with Gasteiger partial charge in [0.2, 0.25) is 5.91 Å². The molecule has 0 unspecified atom stereocenters. The fourth-order valence-corrected chi connectivity index (χ4v) is 3.25. The molecule has 2 N–H and O–H groups in total. The van der Waals surface area contributed by atoms with Crippen LogP contribution in [0, 0.1) is 17.2 Å². The van der Waals surface area contributed by atoms with Gasteiger partial charge in [0.1, 0.15) is 18.7 Å². The molecule has 0 saturated heterocycles. The van der Waals surface area contributed by atoms with Crippen LogP contribution in [0.4, 0.5) is 4.79 Å². The van der Waals surface area contributed by atoms with Crippen molar-refractivity contribution in [1.82, 2.24) is 10.6 Å². The van der Waals surface area contributed by atoms with Gasteiger partial charge >= 0.3 is 12.1 Å². The third-order valence-electron chi connectivity index (χ3n) is 4.89. The number of alkyl carbamates (subject to hydrolysis) is 1. The average molecular weight is 452 g/mol. The lowest BCUT2D eigenvalue weighted by molar-refractivity contribution is -0.145. The number of hydrogen-bond donors (Lipinski definition) is 2. The highest BCUT2D eigenvalue weighted by atomic mass is 16.5. The van der Waals surface area contributed by atoms with Crippen LogP contribution >= 0.6 is 0 Å². The van der Waals surface area contributed by atoms with Crippen LogP contribution in [-0.2, 0) is 32.1 Å². The van der Waals surface area contributed by atoms with E-state index in [2.05, 4.69) is 16.7 Å². The zero-order chi connectivity index (χ0) is 24.2. The third-order valence-corrected chi connectivity index (χ3v) is 4.89. The molecule has 2 amide bonds. The Morgan fingerprint density at radius 3 is 2.27 bits per heavy atom. The number of ether oxygens (including phenoxy) is 2. The van der Waals surface area contributed by atoms with E-state index in [0.717, 1.165) is 5.56 Å². The Morgan fingerprint density at radius 2 is 1.64 bits per heavy atom. The Hall–Kier alpha value is -3.86. The van der Waals surface area contributed by atoms with E-state index < -0.39 is 30.1 Å². The van der Waals surface area contributed by atoms with Gasteiger partial charge in [-0.2, -0.15) is 5.26 Å². The molecule has 0 bridgehead atoms. The number of nitriles is 1. The van der Waals surface area contributed by atoms with Crippen LogP contribution in [0.15, 0.2) is 54.6 Å². The summed E-state index contributed by atoms with van der Waals surface area (Å²) in [6, 6.07) is 16.1. The summed E-state index contributed by atoms with van der Waals surface area (Å²) in [5.41, 5.74) is 1.83. The molecule has 0 fully saturated rings. The van der Waals surface area contributed by atoms with Gasteiger partial charge in [-0.25, -0.2) is 9.59 Å². The van der Waals surface area contributed by atoms with E-state index in [1.165, 1.54) is 7.11 Å².